The van der Waals surface area contributed by atoms with E-state index in [-0.39, 0.29) is 18.4 Å². The van der Waals surface area contributed by atoms with Gasteiger partial charge in [-0.3, -0.25) is 10.2 Å². The first kappa shape index (κ1) is 11.8. The molecule has 1 amide bonds. The van der Waals surface area contributed by atoms with Crippen molar-refractivity contribution >= 4 is 16.9 Å². The van der Waals surface area contributed by atoms with Gasteiger partial charge in [-0.1, -0.05) is 0 Å². The third kappa shape index (κ3) is 1.81. The molecule has 1 aliphatic rings. The summed E-state index contributed by atoms with van der Waals surface area (Å²) >= 11 is 0. The van der Waals surface area contributed by atoms with E-state index < -0.39 is 5.91 Å². The number of benzene rings is 1. The fourth-order valence-electron chi connectivity index (χ4n) is 2.10. The number of oxazole rings is 1. The summed E-state index contributed by atoms with van der Waals surface area (Å²) in [6, 6.07) is 5.28. The Morgan fingerprint density at radius 2 is 2.00 bits per heavy atom. The van der Waals surface area contributed by atoms with E-state index in [1.165, 1.54) is 6.20 Å². The standard InChI is InChI=1S/C13H9N3O5/c14-16-12(17)11-4-15-13(21-11)10-2-6-1-8-9(19-5-18-8)3-7(6)20-10/h1-4H,5,14H2,(H,16,17). The van der Waals surface area contributed by atoms with Gasteiger partial charge in [-0.2, -0.15) is 0 Å². The third-order valence-corrected chi connectivity index (χ3v) is 3.08. The van der Waals surface area contributed by atoms with Gasteiger partial charge in [0, 0.05) is 11.5 Å². The van der Waals surface area contributed by atoms with E-state index in [2.05, 4.69) is 4.98 Å². The maximum Gasteiger partial charge on any atom is 0.302 e. The van der Waals surface area contributed by atoms with Crippen molar-refractivity contribution in [3.8, 4) is 23.1 Å². The monoisotopic (exact) mass is 287 g/mol. The normalized spacial score (nSPS) is 12.8. The molecule has 4 rings (SSSR count). The van der Waals surface area contributed by atoms with Crippen molar-refractivity contribution in [1.82, 2.24) is 10.4 Å². The maximum atomic E-state index is 11.3. The lowest BCUT2D eigenvalue weighted by atomic mass is 10.2. The number of nitrogens with two attached hydrogens (primary N) is 1. The number of nitrogens with zero attached hydrogens (tertiary/aromatic N) is 1. The zero-order chi connectivity index (χ0) is 14.4. The van der Waals surface area contributed by atoms with E-state index in [1.54, 1.807) is 18.2 Å². The Morgan fingerprint density at radius 3 is 2.81 bits per heavy atom. The molecule has 0 aliphatic carbocycles. The summed E-state index contributed by atoms with van der Waals surface area (Å²) < 4.78 is 21.5. The number of carbonyl (C=O) groups excluding carboxylic acids is 1. The number of amides is 1. The van der Waals surface area contributed by atoms with Crippen molar-refractivity contribution in [2.45, 2.75) is 0 Å². The lowest BCUT2D eigenvalue weighted by molar-refractivity contribution is 0.0926. The fraction of sp³-hybridized carbons (Fsp3) is 0.0769. The number of hydrogen-bond donors (Lipinski definition) is 2. The van der Waals surface area contributed by atoms with Gasteiger partial charge in [0.15, 0.2) is 17.3 Å². The van der Waals surface area contributed by atoms with Crippen molar-refractivity contribution in [2.24, 2.45) is 5.84 Å². The van der Waals surface area contributed by atoms with Crippen molar-refractivity contribution in [3.63, 3.8) is 0 Å². The van der Waals surface area contributed by atoms with Crippen molar-refractivity contribution in [2.75, 3.05) is 6.79 Å². The van der Waals surface area contributed by atoms with Gasteiger partial charge in [0.2, 0.25) is 12.6 Å². The van der Waals surface area contributed by atoms with Crippen LogP contribution < -0.4 is 20.7 Å². The fourth-order valence-corrected chi connectivity index (χ4v) is 2.10. The maximum absolute atomic E-state index is 11.3. The van der Waals surface area contributed by atoms with E-state index in [0.717, 1.165) is 5.39 Å². The second-order valence-corrected chi connectivity index (χ2v) is 4.36. The third-order valence-electron chi connectivity index (χ3n) is 3.08. The SMILES string of the molecule is NNC(=O)c1cnc(-c2cc3cc4c(cc3o2)OCO4)o1. The quantitative estimate of drug-likeness (QED) is 0.416. The number of rotatable bonds is 2. The summed E-state index contributed by atoms with van der Waals surface area (Å²) in [5.41, 5.74) is 2.58. The molecule has 0 radical (unpaired) electrons. The number of hydrazine groups is 1. The minimum atomic E-state index is -0.564. The molecule has 8 nitrogen and oxygen atoms in total. The molecule has 0 bridgehead atoms. The molecule has 3 aromatic rings. The average molecular weight is 287 g/mol. The highest BCUT2D eigenvalue weighted by Gasteiger charge is 2.19. The molecule has 0 saturated heterocycles. The lowest BCUT2D eigenvalue weighted by Gasteiger charge is -1.93. The highest BCUT2D eigenvalue weighted by Crippen LogP contribution is 2.38. The average Bonchev–Trinajstić information content (AvgIpc) is 3.20. The van der Waals surface area contributed by atoms with Crippen LogP contribution in [-0.2, 0) is 0 Å². The van der Waals surface area contributed by atoms with E-state index in [9.17, 15) is 4.79 Å². The van der Waals surface area contributed by atoms with Crippen LogP contribution in [0.1, 0.15) is 10.6 Å². The summed E-state index contributed by atoms with van der Waals surface area (Å²) in [6.45, 7) is 0.200. The second-order valence-electron chi connectivity index (χ2n) is 4.36. The van der Waals surface area contributed by atoms with Crippen LogP contribution in [0.3, 0.4) is 0 Å². The molecule has 0 fully saturated rings. The van der Waals surface area contributed by atoms with Gasteiger partial charge >= 0.3 is 5.91 Å². The molecule has 0 atom stereocenters. The minimum Gasteiger partial charge on any atom is -0.454 e. The Kier molecular flexibility index (Phi) is 2.39. The van der Waals surface area contributed by atoms with Crippen LogP contribution in [-0.4, -0.2) is 17.7 Å². The van der Waals surface area contributed by atoms with Gasteiger partial charge in [0.25, 0.3) is 5.89 Å². The molecule has 0 unspecified atom stereocenters. The van der Waals surface area contributed by atoms with Gasteiger partial charge in [0.1, 0.15) is 5.58 Å². The van der Waals surface area contributed by atoms with Crippen molar-refractivity contribution < 1.29 is 23.1 Å². The lowest BCUT2D eigenvalue weighted by Crippen LogP contribution is -2.29. The summed E-state index contributed by atoms with van der Waals surface area (Å²) in [7, 11) is 0. The van der Waals surface area contributed by atoms with E-state index >= 15 is 0 Å². The molecule has 8 heteroatoms. The van der Waals surface area contributed by atoms with Crippen molar-refractivity contribution in [1.29, 1.82) is 0 Å². The molecular formula is C13H9N3O5. The van der Waals surface area contributed by atoms with Crippen LogP contribution in [0.25, 0.3) is 22.6 Å². The predicted molar refractivity (Wildman–Crippen MR) is 69.5 cm³/mol. The minimum absolute atomic E-state index is 0.00196. The molecule has 106 valence electrons. The highest BCUT2D eigenvalue weighted by atomic mass is 16.7. The zero-order valence-corrected chi connectivity index (χ0v) is 10.6. The molecule has 0 saturated carbocycles. The molecular weight excluding hydrogens is 278 g/mol. The number of ether oxygens (including phenoxy) is 2. The predicted octanol–water partition coefficient (Wildman–Crippen LogP) is 1.42. The first-order valence-corrected chi connectivity index (χ1v) is 6.05. The van der Waals surface area contributed by atoms with Gasteiger partial charge in [0.05, 0.1) is 6.20 Å². The Labute approximate surface area is 117 Å². The Morgan fingerprint density at radius 1 is 1.19 bits per heavy atom. The Hall–Kier alpha value is -3.00. The zero-order valence-electron chi connectivity index (χ0n) is 10.6. The van der Waals surface area contributed by atoms with Crippen LogP contribution in [0.15, 0.2) is 33.2 Å². The Bertz CT molecular complexity index is 810. The molecule has 0 spiro atoms. The van der Waals surface area contributed by atoms with Crippen LogP contribution >= 0.6 is 0 Å². The Balaban J connectivity index is 1.77. The summed E-state index contributed by atoms with van der Waals surface area (Å²) in [5, 5.41) is 0.817. The number of carbonyl (C=O) groups is 1. The highest BCUT2D eigenvalue weighted by molar-refractivity contribution is 5.91. The van der Waals surface area contributed by atoms with E-state index in [1.807, 2.05) is 5.43 Å². The van der Waals surface area contributed by atoms with Crippen molar-refractivity contribution in [3.05, 3.63) is 30.2 Å². The first-order valence-electron chi connectivity index (χ1n) is 6.05. The van der Waals surface area contributed by atoms with Gasteiger partial charge < -0.3 is 18.3 Å². The summed E-state index contributed by atoms with van der Waals surface area (Å²) in [4.78, 5) is 15.3. The summed E-state index contributed by atoms with van der Waals surface area (Å²) in [6.07, 6.45) is 1.27. The number of nitrogen functional groups attached to an aromatic ring is 1. The topological polar surface area (TPSA) is 113 Å². The van der Waals surface area contributed by atoms with E-state index in [4.69, 9.17) is 24.2 Å². The molecule has 2 aromatic heterocycles. The molecule has 3 N–H and O–H groups in total. The molecule has 21 heavy (non-hydrogen) atoms. The number of furan rings is 1. The summed E-state index contributed by atoms with van der Waals surface area (Å²) in [5.74, 6) is 6.33. The van der Waals surface area contributed by atoms with Crippen LogP contribution in [0.4, 0.5) is 0 Å². The molecule has 1 aliphatic heterocycles. The number of fused-ring (bicyclic) bond motifs is 2. The second kappa shape index (κ2) is 4.25. The van der Waals surface area contributed by atoms with E-state index in [0.29, 0.717) is 22.8 Å². The van der Waals surface area contributed by atoms with Gasteiger partial charge in [-0.05, 0) is 12.1 Å². The number of aromatic nitrogens is 1. The first-order chi connectivity index (χ1) is 10.2. The largest absolute Gasteiger partial charge is 0.454 e. The van der Waals surface area contributed by atoms with Crippen LogP contribution in [0, 0.1) is 0 Å². The molecule has 1 aromatic carbocycles. The van der Waals surface area contributed by atoms with Crippen LogP contribution in [0.5, 0.6) is 11.5 Å². The van der Waals surface area contributed by atoms with Crippen LogP contribution in [0.2, 0.25) is 0 Å². The number of hydrogen-bond acceptors (Lipinski definition) is 7. The smallest absolute Gasteiger partial charge is 0.302 e. The van der Waals surface area contributed by atoms with Gasteiger partial charge in [-0.25, -0.2) is 10.8 Å². The number of nitrogens with one attached hydrogen (secondary N) is 1. The molecule has 3 heterocycles. The van der Waals surface area contributed by atoms with Gasteiger partial charge in [-0.15, -0.1) is 0 Å².